The average Bonchev–Trinajstić information content (AvgIpc) is 3.18. The van der Waals surface area contributed by atoms with Crippen molar-refractivity contribution in [3.63, 3.8) is 0 Å². The molecule has 5 heterocycles. The lowest BCUT2D eigenvalue weighted by Gasteiger charge is -2.14. The highest BCUT2D eigenvalue weighted by Gasteiger charge is 2.27. The summed E-state index contributed by atoms with van der Waals surface area (Å²) in [6.45, 7) is 5.23. The van der Waals surface area contributed by atoms with Gasteiger partial charge in [-0.25, -0.2) is 4.98 Å². The van der Waals surface area contributed by atoms with Crippen LogP contribution in [0.3, 0.4) is 0 Å². The summed E-state index contributed by atoms with van der Waals surface area (Å²) in [5, 5.41) is 10.8. The number of carbonyl (C=O) groups is 2. The summed E-state index contributed by atoms with van der Waals surface area (Å²) in [6.07, 6.45) is 7.06. The molecule has 1 unspecified atom stereocenters. The molecule has 2 amide bonds. The predicted molar refractivity (Wildman–Crippen MR) is 131 cm³/mol. The van der Waals surface area contributed by atoms with Crippen molar-refractivity contribution in [2.75, 3.05) is 18.4 Å². The van der Waals surface area contributed by atoms with Gasteiger partial charge in [-0.2, -0.15) is 9.61 Å². The molecule has 0 radical (unpaired) electrons. The van der Waals surface area contributed by atoms with Crippen LogP contribution in [-0.4, -0.2) is 56.5 Å². The second-order valence-electron chi connectivity index (χ2n) is 9.12. The van der Waals surface area contributed by atoms with Crippen LogP contribution in [0.2, 0.25) is 0 Å². The smallest absolute Gasteiger partial charge is 0.263 e. The van der Waals surface area contributed by atoms with Crippen LogP contribution in [0.15, 0.2) is 42.2 Å². The van der Waals surface area contributed by atoms with Gasteiger partial charge in [-0.3, -0.25) is 9.59 Å². The molecule has 1 atom stereocenters. The summed E-state index contributed by atoms with van der Waals surface area (Å²) >= 11 is 1.44. The molecule has 0 aromatic carbocycles. The molecular formula is C24H25N7O2S. The maximum absolute atomic E-state index is 12.9. The van der Waals surface area contributed by atoms with E-state index in [0.717, 1.165) is 46.8 Å². The molecule has 3 aliphatic rings. The second-order valence-corrected chi connectivity index (χ2v) is 10.2. The normalized spacial score (nSPS) is 21.6. The number of hydrogen-bond acceptors (Lipinski definition) is 7. The Hall–Kier alpha value is -3.50. The number of nitrogens with two attached hydrogens (primary N) is 1. The van der Waals surface area contributed by atoms with Gasteiger partial charge in [0.2, 0.25) is 5.91 Å². The maximum Gasteiger partial charge on any atom is 0.263 e. The first-order valence-electron chi connectivity index (χ1n) is 11.4. The largest absolute Gasteiger partial charge is 0.367 e. The van der Waals surface area contributed by atoms with Crippen LogP contribution in [-0.2, 0) is 4.79 Å². The standard InChI is InChI=1S/C24H25N7O2S/c1-13-14(9-22(32)27-13)8-15-11-26-31-21(28-17-2-3-17)10-18(29-23(15)31)19-4-5-20(34-19)24(33)30-7-6-16(25)12-30/h4-5,8,10-11,16-17,28H,1-3,6-7,9,12,25H2,(H,27,32)/b14-8+. The van der Waals surface area contributed by atoms with Crippen LogP contribution in [0.1, 0.15) is 40.9 Å². The Labute approximate surface area is 200 Å². The number of nitrogens with zero attached hydrogens (tertiary/aromatic N) is 4. The van der Waals surface area contributed by atoms with E-state index in [1.807, 2.05) is 29.2 Å². The first kappa shape index (κ1) is 21.1. The molecule has 1 saturated carbocycles. The number of carbonyl (C=O) groups excluding carboxylic acids is 2. The molecular weight excluding hydrogens is 450 g/mol. The Morgan fingerprint density at radius 2 is 2.18 bits per heavy atom. The molecule has 174 valence electrons. The summed E-state index contributed by atoms with van der Waals surface area (Å²) in [5.41, 5.74) is 9.70. The average molecular weight is 476 g/mol. The zero-order chi connectivity index (χ0) is 23.4. The van der Waals surface area contributed by atoms with Gasteiger partial charge in [0, 0.05) is 42.5 Å². The molecule has 4 N–H and O–H groups in total. The number of fused-ring (bicyclic) bond motifs is 1. The van der Waals surface area contributed by atoms with Crippen molar-refractivity contribution in [1.82, 2.24) is 24.8 Å². The minimum absolute atomic E-state index is 0.0216. The Morgan fingerprint density at radius 3 is 2.88 bits per heavy atom. The van der Waals surface area contributed by atoms with Gasteiger partial charge in [0.05, 0.1) is 28.1 Å². The zero-order valence-electron chi connectivity index (χ0n) is 18.6. The lowest BCUT2D eigenvalue weighted by Crippen LogP contribution is -2.31. The molecule has 1 aliphatic carbocycles. The number of thiophene rings is 1. The molecule has 9 nitrogen and oxygen atoms in total. The minimum atomic E-state index is -0.0628. The number of hydrogen-bond donors (Lipinski definition) is 3. The monoisotopic (exact) mass is 475 g/mol. The van der Waals surface area contributed by atoms with Crippen LogP contribution >= 0.6 is 11.3 Å². The van der Waals surface area contributed by atoms with Gasteiger partial charge in [-0.15, -0.1) is 11.3 Å². The fourth-order valence-corrected chi connectivity index (χ4v) is 5.30. The zero-order valence-corrected chi connectivity index (χ0v) is 19.4. The van der Waals surface area contributed by atoms with E-state index in [0.29, 0.717) is 41.8 Å². The summed E-state index contributed by atoms with van der Waals surface area (Å²) in [5.74, 6) is 0.818. The number of rotatable bonds is 5. The number of anilines is 1. The van der Waals surface area contributed by atoms with Crippen LogP contribution < -0.4 is 16.4 Å². The van der Waals surface area contributed by atoms with Crippen molar-refractivity contribution in [2.45, 2.75) is 37.8 Å². The van der Waals surface area contributed by atoms with Gasteiger partial charge >= 0.3 is 0 Å². The SMILES string of the molecule is C=C1NC(=O)C/C1=C\c1cnn2c(NC3CC3)cc(-c3ccc(C(=O)N4CCC(N)C4)s3)nc12. The fraction of sp³-hybridized carbons (Fsp3) is 0.333. The fourth-order valence-electron chi connectivity index (χ4n) is 4.36. The predicted octanol–water partition coefficient (Wildman–Crippen LogP) is 2.62. The van der Waals surface area contributed by atoms with Crippen molar-refractivity contribution in [3.8, 4) is 10.6 Å². The van der Waals surface area contributed by atoms with Crippen molar-refractivity contribution in [2.24, 2.45) is 5.73 Å². The molecule has 34 heavy (non-hydrogen) atoms. The number of aromatic nitrogens is 3. The van der Waals surface area contributed by atoms with E-state index in [-0.39, 0.29) is 17.9 Å². The van der Waals surface area contributed by atoms with Gasteiger partial charge in [-0.1, -0.05) is 6.58 Å². The summed E-state index contributed by atoms with van der Waals surface area (Å²) < 4.78 is 1.80. The summed E-state index contributed by atoms with van der Waals surface area (Å²) in [7, 11) is 0. The van der Waals surface area contributed by atoms with Gasteiger partial charge in [0.25, 0.3) is 5.91 Å². The first-order valence-corrected chi connectivity index (χ1v) is 12.3. The van der Waals surface area contributed by atoms with Crippen molar-refractivity contribution in [1.29, 1.82) is 0 Å². The molecule has 10 heteroatoms. The summed E-state index contributed by atoms with van der Waals surface area (Å²) in [6, 6.07) is 6.29. The van der Waals surface area contributed by atoms with E-state index in [9.17, 15) is 9.59 Å². The minimum Gasteiger partial charge on any atom is -0.367 e. The van der Waals surface area contributed by atoms with E-state index >= 15 is 0 Å². The molecule has 2 aliphatic heterocycles. The van der Waals surface area contributed by atoms with Crippen LogP contribution in [0, 0.1) is 0 Å². The third-order valence-electron chi connectivity index (χ3n) is 6.37. The third-order valence-corrected chi connectivity index (χ3v) is 7.46. The lowest BCUT2D eigenvalue weighted by atomic mass is 10.1. The number of nitrogens with one attached hydrogen (secondary N) is 2. The van der Waals surface area contributed by atoms with Crippen molar-refractivity contribution >= 4 is 40.7 Å². The van der Waals surface area contributed by atoms with E-state index in [4.69, 9.17) is 10.7 Å². The lowest BCUT2D eigenvalue weighted by molar-refractivity contribution is -0.118. The molecule has 6 rings (SSSR count). The van der Waals surface area contributed by atoms with Crippen LogP contribution in [0.25, 0.3) is 22.3 Å². The van der Waals surface area contributed by atoms with E-state index < -0.39 is 0 Å². The molecule has 3 aromatic heterocycles. The number of allylic oxidation sites excluding steroid dienone is 1. The van der Waals surface area contributed by atoms with Crippen LogP contribution in [0.4, 0.5) is 5.82 Å². The highest BCUT2D eigenvalue weighted by atomic mass is 32.1. The van der Waals surface area contributed by atoms with E-state index in [2.05, 4.69) is 22.3 Å². The van der Waals surface area contributed by atoms with Gasteiger partial charge in [0.15, 0.2) is 5.65 Å². The quantitative estimate of drug-likeness (QED) is 0.522. The van der Waals surface area contributed by atoms with Crippen molar-refractivity contribution in [3.05, 3.63) is 52.7 Å². The Bertz CT molecular complexity index is 1370. The molecule has 2 saturated heterocycles. The second kappa shape index (κ2) is 8.07. The number of amides is 2. The molecule has 0 bridgehead atoms. The van der Waals surface area contributed by atoms with E-state index in [1.165, 1.54) is 11.3 Å². The third kappa shape index (κ3) is 3.88. The number of likely N-dealkylation sites (tertiary alicyclic amines) is 1. The Kier molecular flexibility index (Phi) is 5.00. The Balaban J connectivity index is 1.38. The van der Waals surface area contributed by atoms with Gasteiger partial charge < -0.3 is 21.3 Å². The molecule has 3 aromatic rings. The maximum atomic E-state index is 12.9. The highest BCUT2D eigenvalue weighted by molar-refractivity contribution is 7.17. The first-order chi connectivity index (χ1) is 16.4. The molecule has 3 fully saturated rings. The van der Waals surface area contributed by atoms with Gasteiger partial charge in [-0.05, 0) is 43.0 Å². The Morgan fingerprint density at radius 1 is 1.32 bits per heavy atom. The van der Waals surface area contributed by atoms with Gasteiger partial charge in [0.1, 0.15) is 5.82 Å². The highest BCUT2D eigenvalue weighted by Crippen LogP contribution is 2.33. The molecule has 0 spiro atoms. The van der Waals surface area contributed by atoms with Crippen LogP contribution in [0.5, 0.6) is 0 Å². The van der Waals surface area contributed by atoms with E-state index in [1.54, 1.807) is 10.7 Å². The summed E-state index contributed by atoms with van der Waals surface area (Å²) in [4.78, 5) is 33.0. The topological polar surface area (TPSA) is 118 Å². The van der Waals surface area contributed by atoms with Crippen molar-refractivity contribution < 1.29 is 9.59 Å².